The highest BCUT2D eigenvalue weighted by Crippen LogP contribution is 2.37. The minimum atomic E-state index is 1.09. The van der Waals surface area contributed by atoms with Crippen LogP contribution in [-0.4, -0.2) is 5.75 Å². The van der Waals surface area contributed by atoms with Gasteiger partial charge in [0.25, 0.3) is 0 Å². The molecule has 0 amide bonds. The van der Waals surface area contributed by atoms with Gasteiger partial charge in [-0.2, -0.15) is 0 Å². The molecule has 0 aliphatic carbocycles. The van der Waals surface area contributed by atoms with E-state index in [0.717, 1.165) is 5.75 Å². The molecular formula is C12H12S3. The van der Waals surface area contributed by atoms with Gasteiger partial charge < -0.3 is 0 Å². The summed E-state index contributed by atoms with van der Waals surface area (Å²) in [7, 11) is 0. The van der Waals surface area contributed by atoms with Crippen molar-refractivity contribution < 1.29 is 0 Å². The molecule has 0 saturated heterocycles. The number of thioether (sulfide) groups is 1. The van der Waals surface area contributed by atoms with Crippen molar-refractivity contribution in [1.82, 2.24) is 0 Å². The molecule has 0 atom stereocenters. The fraction of sp³-hybridized carbons (Fsp3) is 0.167. The molecule has 0 bridgehead atoms. The lowest BCUT2D eigenvalue weighted by atomic mass is 10.4. The largest absolute Gasteiger partial charge is 0.143 e. The first-order valence-electron chi connectivity index (χ1n) is 4.77. The van der Waals surface area contributed by atoms with Crippen LogP contribution >= 0.6 is 34.4 Å². The van der Waals surface area contributed by atoms with Gasteiger partial charge in [0.05, 0.1) is 0 Å². The number of thiophene rings is 2. The first kappa shape index (κ1) is 11.0. The SMILES string of the molecule is C=C(SCC)c1ccc(-c2cccs2)s1. The third-order valence-electron chi connectivity index (χ3n) is 1.96. The van der Waals surface area contributed by atoms with E-state index in [4.69, 9.17) is 0 Å². The maximum Gasteiger partial charge on any atom is 0.0449 e. The van der Waals surface area contributed by atoms with E-state index in [-0.39, 0.29) is 0 Å². The summed E-state index contributed by atoms with van der Waals surface area (Å²) in [4.78, 5) is 5.17. The van der Waals surface area contributed by atoms with Crippen molar-refractivity contribution in [2.45, 2.75) is 6.92 Å². The Bertz CT molecular complexity index is 437. The molecule has 15 heavy (non-hydrogen) atoms. The minimum absolute atomic E-state index is 1.09. The van der Waals surface area contributed by atoms with Gasteiger partial charge in [-0.1, -0.05) is 19.6 Å². The molecule has 2 heterocycles. The summed E-state index contributed by atoms with van der Waals surface area (Å²) in [6.45, 7) is 6.24. The van der Waals surface area contributed by atoms with Crippen LogP contribution < -0.4 is 0 Å². The Kier molecular flexibility index (Phi) is 3.67. The van der Waals surface area contributed by atoms with Gasteiger partial charge in [0.15, 0.2) is 0 Å². The molecule has 0 aromatic carbocycles. The highest BCUT2D eigenvalue weighted by atomic mass is 32.2. The smallest absolute Gasteiger partial charge is 0.0449 e. The molecule has 0 aliphatic heterocycles. The maximum atomic E-state index is 4.09. The van der Waals surface area contributed by atoms with E-state index in [1.165, 1.54) is 19.5 Å². The summed E-state index contributed by atoms with van der Waals surface area (Å²) in [6, 6.07) is 8.61. The Morgan fingerprint density at radius 1 is 1.33 bits per heavy atom. The molecule has 0 nitrogen and oxygen atoms in total. The van der Waals surface area contributed by atoms with Crippen LogP contribution in [0.15, 0.2) is 36.2 Å². The van der Waals surface area contributed by atoms with Crippen LogP contribution in [-0.2, 0) is 0 Å². The third kappa shape index (κ3) is 2.54. The number of hydrogen-bond acceptors (Lipinski definition) is 3. The zero-order chi connectivity index (χ0) is 10.7. The number of rotatable bonds is 4. The van der Waals surface area contributed by atoms with Gasteiger partial charge >= 0.3 is 0 Å². The van der Waals surface area contributed by atoms with Crippen molar-refractivity contribution in [3.8, 4) is 9.75 Å². The van der Waals surface area contributed by atoms with Crippen LogP contribution in [0.2, 0.25) is 0 Å². The van der Waals surface area contributed by atoms with E-state index >= 15 is 0 Å². The maximum absolute atomic E-state index is 4.09. The molecule has 2 rings (SSSR count). The number of hydrogen-bond donors (Lipinski definition) is 0. The molecule has 2 aromatic heterocycles. The van der Waals surface area contributed by atoms with Crippen molar-refractivity contribution >= 4 is 39.3 Å². The lowest BCUT2D eigenvalue weighted by Crippen LogP contribution is -1.70. The summed E-state index contributed by atoms with van der Waals surface area (Å²) in [5.41, 5.74) is 0. The summed E-state index contributed by atoms with van der Waals surface area (Å²) in [6.07, 6.45) is 0. The van der Waals surface area contributed by atoms with E-state index < -0.39 is 0 Å². The van der Waals surface area contributed by atoms with Gasteiger partial charge in [-0.3, -0.25) is 0 Å². The van der Waals surface area contributed by atoms with Gasteiger partial charge in [0.2, 0.25) is 0 Å². The Balaban J connectivity index is 2.21. The fourth-order valence-corrected chi connectivity index (χ4v) is 3.85. The molecule has 0 saturated carbocycles. The summed E-state index contributed by atoms with van der Waals surface area (Å²) < 4.78 is 0. The molecule has 0 N–H and O–H groups in total. The Morgan fingerprint density at radius 3 is 2.87 bits per heavy atom. The standard InChI is InChI=1S/C12H12S3/c1-3-13-9(2)10-6-7-12(15-10)11-5-4-8-14-11/h4-8H,2-3H2,1H3. The molecule has 2 aromatic rings. The van der Waals surface area contributed by atoms with Crippen LogP contribution in [0.25, 0.3) is 14.7 Å². The third-order valence-corrected chi connectivity index (χ3v) is 5.16. The van der Waals surface area contributed by atoms with Gasteiger partial charge in [-0.25, -0.2) is 0 Å². The summed E-state index contributed by atoms with van der Waals surface area (Å²) in [5.74, 6) is 1.09. The van der Waals surface area contributed by atoms with E-state index in [9.17, 15) is 0 Å². The highest BCUT2D eigenvalue weighted by Gasteiger charge is 2.05. The lowest BCUT2D eigenvalue weighted by molar-refractivity contribution is 1.54. The Hall–Kier alpha value is -0.510. The van der Waals surface area contributed by atoms with Crippen LogP contribution in [0.1, 0.15) is 11.8 Å². The van der Waals surface area contributed by atoms with Crippen molar-refractivity contribution in [2.75, 3.05) is 5.75 Å². The normalized spacial score (nSPS) is 10.5. The molecule has 0 aliphatic rings. The molecule has 0 unspecified atom stereocenters. The fourth-order valence-electron chi connectivity index (χ4n) is 1.28. The van der Waals surface area contributed by atoms with Crippen molar-refractivity contribution in [1.29, 1.82) is 0 Å². The molecule has 0 fully saturated rings. The monoisotopic (exact) mass is 252 g/mol. The topological polar surface area (TPSA) is 0 Å². The summed E-state index contributed by atoms with van der Waals surface area (Å²) in [5, 5.41) is 2.12. The minimum Gasteiger partial charge on any atom is -0.143 e. The van der Waals surface area contributed by atoms with Crippen molar-refractivity contribution in [3.05, 3.63) is 41.1 Å². The highest BCUT2D eigenvalue weighted by molar-refractivity contribution is 8.08. The van der Waals surface area contributed by atoms with Crippen LogP contribution in [0.5, 0.6) is 0 Å². The molecular weight excluding hydrogens is 240 g/mol. The predicted molar refractivity (Wildman–Crippen MR) is 74.8 cm³/mol. The van der Waals surface area contributed by atoms with Gasteiger partial charge in [0.1, 0.15) is 0 Å². The zero-order valence-corrected chi connectivity index (χ0v) is 11.0. The average Bonchev–Trinajstić information content (AvgIpc) is 2.89. The van der Waals surface area contributed by atoms with E-state index in [1.54, 1.807) is 11.3 Å². The first-order valence-corrected chi connectivity index (χ1v) is 7.45. The lowest BCUT2D eigenvalue weighted by Gasteiger charge is -1.97. The second-order valence-electron chi connectivity index (χ2n) is 3.00. The Labute approximate surface area is 103 Å². The first-order chi connectivity index (χ1) is 7.31. The Morgan fingerprint density at radius 2 is 2.20 bits per heavy atom. The van der Waals surface area contributed by atoms with E-state index in [2.05, 4.69) is 43.1 Å². The average molecular weight is 252 g/mol. The van der Waals surface area contributed by atoms with Gasteiger partial charge in [-0.05, 0) is 29.3 Å². The second-order valence-corrected chi connectivity index (χ2v) is 6.39. The van der Waals surface area contributed by atoms with Crippen LogP contribution in [0.4, 0.5) is 0 Å². The predicted octanol–water partition coefficient (Wildman–Crippen LogP) is 5.20. The molecule has 3 heteroatoms. The van der Waals surface area contributed by atoms with Gasteiger partial charge in [0, 0.05) is 19.5 Å². The second kappa shape index (κ2) is 5.01. The molecule has 0 spiro atoms. The van der Waals surface area contributed by atoms with E-state index in [0.29, 0.717) is 0 Å². The zero-order valence-electron chi connectivity index (χ0n) is 8.53. The van der Waals surface area contributed by atoms with Crippen molar-refractivity contribution in [3.63, 3.8) is 0 Å². The quantitative estimate of drug-likeness (QED) is 0.720. The molecule has 78 valence electrons. The van der Waals surface area contributed by atoms with Gasteiger partial charge in [-0.15, -0.1) is 34.4 Å². The van der Waals surface area contributed by atoms with Crippen molar-refractivity contribution in [2.24, 2.45) is 0 Å². The van der Waals surface area contributed by atoms with E-state index in [1.807, 2.05) is 23.1 Å². The van der Waals surface area contributed by atoms with Crippen LogP contribution in [0.3, 0.4) is 0 Å². The summed E-state index contributed by atoms with van der Waals surface area (Å²) >= 11 is 5.43. The van der Waals surface area contributed by atoms with Crippen LogP contribution in [0, 0.1) is 0 Å². The molecule has 0 radical (unpaired) electrons.